The number of nitro groups is 1. The molecule has 1 aromatic heterocycles. The number of hydrogen-bond donors (Lipinski definition) is 1. The molecule has 0 radical (unpaired) electrons. The highest BCUT2D eigenvalue weighted by Gasteiger charge is 2.15. The van der Waals surface area contributed by atoms with Gasteiger partial charge in [-0.3, -0.25) is 10.1 Å². The number of halogens is 1. The van der Waals surface area contributed by atoms with Crippen molar-refractivity contribution in [2.24, 2.45) is 12.8 Å². The zero-order chi connectivity index (χ0) is 13.3. The van der Waals surface area contributed by atoms with Crippen molar-refractivity contribution in [1.82, 2.24) is 14.8 Å². The van der Waals surface area contributed by atoms with Gasteiger partial charge in [0.25, 0.3) is 5.69 Å². The monoisotopic (exact) mass is 267 g/mol. The minimum absolute atomic E-state index is 0.0881. The highest BCUT2D eigenvalue weighted by Crippen LogP contribution is 2.27. The van der Waals surface area contributed by atoms with Crippen LogP contribution in [0.2, 0.25) is 5.02 Å². The molecular weight excluding hydrogens is 258 g/mol. The predicted molar refractivity (Wildman–Crippen MR) is 66.0 cm³/mol. The van der Waals surface area contributed by atoms with E-state index in [1.54, 1.807) is 17.7 Å². The summed E-state index contributed by atoms with van der Waals surface area (Å²) in [5, 5.41) is 18.9. The molecular formula is C10H10ClN5O2. The molecule has 2 rings (SSSR count). The maximum atomic E-state index is 10.8. The lowest BCUT2D eigenvalue weighted by Gasteiger charge is -2.03. The first-order valence-corrected chi connectivity index (χ1v) is 5.44. The zero-order valence-electron chi connectivity index (χ0n) is 9.50. The second-order valence-electron chi connectivity index (χ2n) is 3.66. The summed E-state index contributed by atoms with van der Waals surface area (Å²) in [6, 6.07) is 4.28. The standard InChI is InChI=1S/C10H10ClN5O2/c1-15-9(5-12)13-14-10(15)6-2-7(11)4-8(3-6)16(17)18/h2-4H,5,12H2,1H3. The van der Waals surface area contributed by atoms with Crippen LogP contribution in [0.3, 0.4) is 0 Å². The molecule has 0 atom stereocenters. The van der Waals surface area contributed by atoms with E-state index in [0.29, 0.717) is 17.2 Å². The van der Waals surface area contributed by atoms with Crippen LogP contribution in [0.25, 0.3) is 11.4 Å². The lowest BCUT2D eigenvalue weighted by Crippen LogP contribution is -2.05. The van der Waals surface area contributed by atoms with Crippen molar-refractivity contribution in [3.05, 3.63) is 39.2 Å². The van der Waals surface area contributed by atoms with Crippen molar-refractivity contribution in [1.29, 1.82) is 0 Å². The number of hydrogen-bond acceptors (Lipinski definition) is 5. The van der Waals surface area contributed by atoms with Gasteiger partial charge in [0.1, 0.15) is 5.82 Å². The molecule has 0 saturated heterocycles. The van der Waals surface area contributed by atoms with Crippen molar-refractivity contribution in [2.45, 2.75) is 6.54 Å². The molecule has 0 aliphatic heterocycles. The fourth-order valence-corrected chi connectivity index (χ4v) is 1.83. The third kappa shape index (κ3) is 2.18. The molecule has 0 spiro atoms. The molecule has 18 heavy (non-hydrogen) atoms. The number of aromatic nitrogens is 3. The maximum Gasteiger partial charge on any atom is 0.271 e. The van der Waals surface area contributed by atoms with Crippen molar-refractivity contribution in [3.8, 4) is 11.4 Å². The van der Waals surface area contributed by atoms with Gasteiger partial charge in [0.15, 0.2) is 5.82 Å². The Kier molecular flexibility index (Phi) is 3.26. The summed E-state index contributed by atoms with van der Waals surface area (Å²) in [5.74, 6) is 1.08. The van der Waals surface area contributed by atoms with E-state index in [0.717, 1.165) is 0 Å². The summed E-state index contributed by atoms with van der Waals surface area (Å²) in [5.41, 5.74) is 5.94. The van der Waals surface area contributed by atoms with Gasteiger partial charge in [0.2, 0.25) is 0 Å². The van der Waals surface area contributed by atoms with Crippen LogP contribution < -0.4 is 5.73 Å². The third-order valence-electron chi connectivity index (χ3n) is 2.50. The molecule has 0 aliphatic carbocycles. The Morgan fingerprint density at radius 2 is 2.17 bits per heavy atom. The Morgan fingerprint density at radius 3 is 2.72 bits per heavy atom. The summed E-state index contributed by atoms with van der Waals surface area (Å²) < 4.78 is 1.68. The van der Waals surface area contributed by atoms with E-state index >= 15 is 0 Å². The zero-order valence-corrected chi connectivity index (χ0v) is 10.3. The van der Waals surface area contributed by atoms with E-state index in [1.165, 1.54) is 12.1 Å². The van der Waals surface area contributed by atoms with E-state index in [9.17, 15) is 10.1 Å². The van der Waals surface area contributed by atoms with Gasteiger partial charge in [-0.05, 0) is 6.07 Å². The average molecular weight is 268 g/mol. The molecule has 0 unspecified atom stereocenters. The van der Waals surface area contributed by atoms with Gasteiger partial charge < -0.3 is 10.3 Å². The molecule has 7 nitrogen and oxygen atoms in total. The van der Waals surface area contributed by atoms with Gasteiger partial charge in [0, 0.05) is 29.8 Å². The Morgan fingerprint density at radius 1 is 1.44 bits per heavy atom. The fraction of sp³-hybridized carbons (Fsp3) is 0.200. The van der Waals surface area contributed by atoms with E-state index < -0.39 is 4.92 Å². The van der Waals surface area contributed by atoms with Crippen LogP contribution in [0, 0.1) is 10.1 Å². The lowest BCUT2D eigenvalue weighted by atomic mass is 10.2. The second-order valence-corrected chi connectivity index (χ2v) is 4.09. The van der Waals surface area contributed by atoms with Crippen LogP contribution in [0.4, 0.5) is 5.69 Å². The van der Waals surface area contributed by atoms with E-state index in [-0.39, 0.29) is 17.3 Å². The number of non-ortho nitro benzene ring substituents is 1. The smallest absolute Gasteiger partial charge is 0.271 e. The highest BCUT2D eigenvalue weighted by molar-refractivity contribution is 6.31. The van der Waals surface area contributed by atoms with Gasteiger partial charge in [-0.25, -0.2) is 0 Å². The Labute approximate surface area is 107 Å². The molecule has 0 bridgehead atoms. The molecule has 0 amide bonds. The number of nitrogens with zero attached hydrogens (tertiary/aromatic N) is 4. The van der Waals surface area contributed by atoms with Gasteiger partial charge >= 0.3 is 0 Å². The molecule has 0 fully saturated rings. The van der Waals surface area contributed by atoms with Gasteiger partial charge in [-0.2, -0.15) is 0 Å². The fourth-order valence-electron chi connectivity index (χ4n) is 1.60. The van der Waals surface area contributed by atoms with Gasteiger partial charge in [-0.15, -0.1) is 10.2 Å². The van der Waals surface area contributed by atoms with Crippen molar-refractivity contribution < 1.29 is 4.92 Å². The van der Waals surface area contributed by atoms with Crippen LogP contribution in [0.15, 0.2) is 18.2 Å². The highest BCUT2D eigenvalue weighted by atomic mass is 35.5. The quantitative estimate of drug-likeness (QED) is 0.671. The second kappa shape index (κ2) is 4.71. The van der Waals surface area contributed by atoms with Crippen LogP contribution in [-0.4, -0.2) is 19.7 Å². The SMILES string of the molecule is Cn1c(CN)nnc1-c1cc(Cl)cc([N+](=O)[O-])c1. The lowest BCUT2D eigenvalue weighted by molar-refractivity contribution is -0.384. The average Bonchev–Trinajstić information content (AvgIpc) is 2.69. The van der Waals surface area contributed by atoms with E-state index in [1.807, 2.05) is 0 Å². The summed E-state index contributed by atoms with van der Waals surface area (Å²) in [6.07, 6.45) is 0. The maximum absolute atomic E-state index is 10.8. The molecule has 94 valence electrons. The largest absolute Gasteiger partial charge is 0.324 e. The molecule has 1 aromatic carbocycles. The Balaban J connectivity index is 2.56. The summed E-state index contributed by atoms with van der Waals surface area (Å²) >= 11 is 5.85. The number of rotatable bonds is 3. The van der Waals surface area contributed by atoms with Crippen LogP contribution in [-0.2, 0) is 13.6 Å². The number of nitro benzene ring substituents is 1. The van der Waals surface area contributed by atoms with Crippen molar-refractivity contribution in [2.75, 3.05) is 0 Å². The normalized spacial score (nSPS) is 10.6. The third-order valence-corrected chi connectivity index (χ3v) is 2.72. The molecule has 8 heteroatoms. The van der Waals surface area contributed by atoms with Crippen molar-refractivity contribution >= 4 is 17.3 Å². The first-order chi connectivity index (χ1) is 8.52. The topological polar surface area (TPSA) is 99.9 Å². The summed E-state index contributed by atoms with van der Waals surface area (Å²) in [7, 11) is 1.74. The predicted octanol–water partition coefficient (Wildman–Crippen LogP) is 1.50. The molecule has 0 saturated carbocycles. The number of nitrogens with two attached hydrogens (primary N) is 1. The van der Waals surface area contributed by atoms with Crippen LogP contribution in [0.5, 0.6) is 0 Å². The molecule has 2 aromatic rings. The van der Waals surface area contributed by atoms with E-state index in [2.05, 4.69) is 10.2 Å². The number of benzene rings is 1. The van der Waals surface area contributed by atoms with Gasteiger partial charge in [-0.1, -0.05) is 11.6 Å². The Bertz CT molecular complexity index is 610. The minimum atomic E-state index is -0.504. The summed E-state index contributed by atoms with van der Waals surface area (Å²) in [4.78, 5) is 10.3. The molecule has 1 heterocycles. The van der Waals surface area contributed by atoms with Crippen LogP contribution in [0.1, 0.15) is 5.82 Å². The summed E-state index contributed by atoms with van der Waals surface area (Å²) in [6.45, 7) is 0.242. The van der Waals surface area contributed by atoms with E-state index in [4.69, 9.17) is 17.3 Å². The first-order valence-electron chi connectivity index (χ1n) is 5.06. The minimum Gasteiger partial charge on any atom is -0.324 e. The Hall–Kier alpha value is -1.99. The molecule has 2 N–H and O–H groups in total. The molecule has 0 aliphatic rings. The van der Waals surface area contributed by atoms with Crippen molar-refractivity contribution in [3.63, 3.8) is 0 Å². The van der Waals surface area contributed by atoms with Gasteiger partial charge in [0.05, 0.1) is 11.5 Å². The van der Waals surface area contributed by atoms with Crippen LogP contribution >= 0.6 is 11.6 Å². The first kappa shape index (κ1) is 12.5.